The van der Waals surface area contributed by atoms with Crippen molar-refractivity contribution in [3.63, 3.8) is 0 Å². The Balaban J connectivity index is 0.00000242. The highest BCUT2D eigenvalue weighted by Crippen LogP contribution is 2.32. The number of hydrogen-bond donors (Lipinski definition) is 3. The standard InChI is InChI=1S/C14H22N4O2S.2ClH/c1-8(2)13(20)18-14-16-10(7-21-14)5-12(19)17-11(6-15)9-3-4-9;;/h7-9,11H,3-6,15H2,1-2H3,(H,17,19)(H,16,18,20);2*1H. The number of anilines is 1. The first-order chi connectivity index (χ1) is 9.99. The fourth-order valence-electron chi connectivity index (χ4n) is 1.99. The normalized spacial score (nSPS) is 14.4. The van der Waals surface area contributed by atoms with Crippen LogP contribution in [-0.4, -0.2) is 29.4 Å². The Labute approximate surface area is 152 Å². The number of thiazole rings is 1. The smallest absolute Gasteiger partial charge is 0.228 e. The van der Waals surface area contributed by atoms with Crippen LogP contribution in [0.15, 0.2) is 5.38 Å². The van der Waals surface area contributed by atoms with Crippen molar-refractivity contribution in [3.05, 3.63) is 11.1 Å². The van der Waals surface area contributed by atoms with E-state index in [9.17, 15) is 9.59 Å². The van der Waals surface area contributed by atoms with Crippen LogP contribution in [0, 0.1) is 11.8 Å². The topological polar surface area (TPSA) is 97.1 Å². The Kier molecular flexibility index (Phi) is 9.68. The maximum absolute atomic E-state index is 12.0. The van der Waals surface area contributed by atoms with E-state index in [1.807, 2.05) is 13.8 Å². The van der Waals surface area contributed by atoms with Gasteiger partial charge in [0.15, 0.2) is 5.13 Å². The second kappa shape index (κ2) is 10.1. The van der Waals surface area contributed by atoms with Crippen LogP contribution in [0.25, 0.3) is 0 Å². The summed E-state index contributed by atoms with van der Waals surface area (Å²) in [6, 6.07) is 0.0799. The number of nitrogens with two attached hydrogens (primary N) is 1. The summed E-state index contributed by atoms with van der Waals surface area (Å²) in [6.07, 6.45) is 2.51. The summed E-state index contributed by atoms with van der Waals surface area (Å²) in [5.74, 6) is 0.307. The Hall–Kier alpha value is -0.890. The molecule has 132 valence electrons. The Morgan fingerprint density at radius 1 is 1.39 bits per heavy atom. The number of nitrogens with zero attached hydrogens (tertiary/aromatic N) is 1. The van der Waals surface area contributed by atoms with Crippen molar-refractivity contribution in [1.82, 2.24) is 10.3 Å². The van der Waals surface area contributed by atoms with Gasteiger partial charge in [-0.05, 0) is 18.8 Å². The largest absolute Gasteiger partial charge is 0.351 e. The molecule has 1 aliphatic carbocycles. The molecule has 6 nitrogen and oxygen atoms in total. The zero-order valence-corrected chi connectivity index (χ0v) is 15.7. The van der Waals surface area contributed by atoms with Gasteiger partial charge in [-0.15, -0.1) is 36.2 Å². The first kappa shape index (κ1) is 22.1. The van der Waals surface area contributed by atoms with Gasteiger partial charge in [-0.1, -0.05) is 13.8 Å². The molecule has 1 aromatic rings. The van der Waals surface area contributed by atoms with Crippen molar-refractivity contribution in [1.29, 1.82) is 0 Å². The third kappa shape index (κ3) is 7.03. The zero-order chi connectivity index (χ0) is 15.4. The third-order valence-electron chi connectivity index (χ3n) is 3.44. The molecule has 0 bridgehead atoms. The first-order valence-electron chi connectivity index (χ1n) is 7.24. The minimum absolute atomic E-state index is 0. The summed E-state index contributed by atoms with van der Waals surface area (Å²) in [4.78, 5) is 27.8. The van der Waals surface area contributed by atoms with Crippen LogP contribution >= 0.6 is 36.2 Å². The summed E-state index contributed by atoms with van der Waals surface area (Å²) in [5, 5.41) is 8.02. The molecule has 1 unspecified atom stereocenters. The quantitative estimate of drug-likeness (QED) is 0.671. The predicted octanol–water partition coefficient (Wildman–Crippen LogP) is 1.98. The highest BCUT2D eigenvalue weighted by molar-refractivity contribution is 7.13. The number of carbonyl (C=O) groups excluding carboxylic acids is 2. The third-order valence-corrected chi connectivity index (χ3v) is 4.25. The molecule has 0 aromatic carbocycles. The molecule has 1 aromatic heterocycles. The molecule has 1 heterocycles. The molecule has 0 saturated heterocycles. The van der Waals surface area contributed by atoms with Crippen LogP contribution in [0.2, 0.25) is 0 Å². The molecule has 4 N–H and O–H groups in total. The lowest BCUT2D eigenvalue weighted by Gasteiger charge is -2.15. The van der Waals surface area contributed by atoms with Crippen LogP contribution in [0.1, 0.15) is 32.4 Å². The van der Waals surface area contributed by atoms with Crippen molar-refractivity contribution < 1.29 is 9.59 Å². The fourth-order valence-corrected chi connectivity index (χ4v) is 2.70. The van der Waals surface area contributed by atoms with Gasteiger partial charge >= 0.3 is 0 Å². The van der Waals surface area contributed by atoms with Crippen molar-refractivity contribution >= 4 is 53.1 Å². The average molecular weight is 383 g/mol. The Bertz CT molecular complexity index is 521. The summed E-state index contributed by atoms with van der Waals surface area (Å²) in [6.45, 7) is 4.12. The molecular formula is C14H24Cl2N4O2S. The number of hydrogen-bond acceptors (Lipinski definition) is 5. The van der Waals surface area contributed by atoms with E-state index in [0.29, 0.717) is 23.3 Å². The number of rotatable bonds is 7. The van der Waals surface area contributed by atoms with Gasteiger partial charge in [0.25, 0.3) is 0 Å². The van der Waals surface area contributed by atoms with Gasteiger partial charge in [0.1, 0.15) is 0 Å². The maximum atomic E-state index is 12.0. The molecule has 1 fully saturated rings. The van der Waals surface area contributed by atoms with Gasteiger partial charge in [-0.25, -0.2) is 4.98 Å². The van der Waals surface area contributed by atoms with Crippen LogP contribution in [0.3, 0.4) is 0 Å². The Morgan fingerprint density at radius 2 is 2.04 bits per heavy atom. The first-order valence-corrected chi connectivity index (χ1v) is 8.12. The summed E-state index contributed by atoms with van der Waals surface area (Å²) in [7, 11) is 0. The monoisotopic (exact) mass is 382 g/mol. The predicted molar refractivity (Wildman–Crippen MR) is 97.5 cm³/mol. The molecular weight excluding hydrogens is 359 g/mol. The summed E-state index contributed by atoms with van der Waals surface area (Å²) in [5.41, 5.74) is 6.34. The van der Waals surface area contributed by atoms with Crippen molar-refractivity contribution in [2.75, 3.05) is 11.9 Å². The van der Waals surface area contributed by atoms with Crippen LogP contribution < -0.4 is 16.4 Å². The van der Waals surface area contributed by atoms with Crippen LogP contribution in [0.4, 0.5) is 5.13 Å². The molecule has 1 aliphatic rings. The molecule has 2 rings (SSSR count). The van der Waals surface area contributed by atoms with E-state index in [-0.39, 0.29) is 55.0 Å². The molecule has 2 amide bonds. The van der Waals surface area contributed by atoms with Crippen molar-refractivity contribution in [3.8, 4) is 0 Å². The molecule has 9 heteroatoms. The highest BCUT2D eigenvalue weighted by Gasteiger charge is 2.31. The average Bonchev–Trinajstić information content (AvgIpc) is 3.18. The minimum atomic E-state index is -0.0931. The van der Waals surface area contributed by atoms with Gasteiger partial charge in [-0.2, -0.15) is 0 Å². The van der Waals surface area contributed by atoms with Crippen LogP contribution in [0.5, 0.6) is 0 Å². The Morgan fingerprint density at radius 3 is 2.57 bits per heavy atom. The number of carbonyl (C=O) groups is 2. The number of halogens is 2. The van der Waals surface area contributed by atoms with E-state index < -0.39 is 0 Å². The van der Waals surface area contributed by atoms with Gasteiger partial charge in [0, 0.05) is 23.9 Å². The molecule has 1 saturated carbocycles. The van der Waals surface area contributed by atoms with E-state index >= 15 is 0 Å². The zero-order valence-electron chi connectivity index (χ0n) is 13.2. The van der Waals surface area contributed by atoms with Gasteiger partial charge in [0.05, 0.1) is 12.1 Å². The van der Waals surface area contributed by atoms with Crippen LogP contribution in [-0.2, 0) is 16.0 Å². The lowest BCUT2D eigenvalue weighted by molar-refractivity contribution is -0.121. The summed E-state index contributed by atoms with van der Waals surface area (Å²) < 4.78 is 0. The minimum Gasteiger partial charge on any atom is -0.351 e. The van der Waals surface area contributed by atoms with E-state index in [1.165, 1.54) is 11.3 Å². The SMILES string of the molecule is CC(C)C(=O)Nc1nc(CC(=O)NC(CN)C2CC2)cs1.Cl.Cl. The van der Waals surface area contributed by atoms with E-state index in [1.54, 1.807) is 5.38 Å². The molecule has 0 spiro atoms. The lowest BCUT2D eigenvalue weighted by atomic mass is 10.2. The maximum Gasteiger partial charge on any atom is 0.228 e. The van der Waals surface area contributed by atoms with E-state index in [4.69, 9.17) is 5.73 Å². The van der Waals surface area contributed by atoms with Gasteiger partial charge in [0.2, 0.25) is 11.8 Å². The van der Waals surface area contributed by atoms with Gasteiger partial charge in [-0.3, -0.25) is 9.59 Å². The second-order valence-electron chi connectivity index (χ2n) is 5.71. The molecule has 23 heavy (non-hydrogen) atoms. The number of nitrogens with one attached hydrogen (secondary N) is 2. The molecule has 0 aliphatic heterocycles. The van der Waals surface area contributed by atoms with Crippen molar-refractivity contribution in [2.45, 2.75) is 39.2 Å². The lowest BCUT2D eigenvalue weighted by Crippen LogP contribution is -2.42. The molecule has 0 radical (unpaired) electrons. The second-order valence-corrected chi connectivity index (χ2v) is 6.57. The van der Waals surface area contributed by atoms with E-state index in [2.05, 4.69) is 15.6 Å². The molecule has 1 atom stereocenters. The number of amides is 2. The number of aromatic nitrogens is 1. The highest BCUT2D eigenvalue weighted by atomic mass is 35.5. The van der Waals surface area contributed by atoms with Crippen molar-refractivity contribution in [2.24, 2.45) is 17.6 Å². The fraction of sp³-hybridized carbons (Fsp3) is 0.643. The van der Waals surface area contributed by atoms with Gasteiger partial charge < -0.3 is 16.4 Å². The van der Waals surface area contributed by atoms with E-state index in [0.717, 1.165) is 12.8 Å². The summed E-state index contributed by atoms with van der Waals surface area (Å²) >= 11 is 1.33.